The molecule has 1 saturated heterocycles. The van der Waals surface area contributed by atoms with Gasteiger partial charge in [0, 0.05) is 44.4 Å². The number of nitrogens with zero attached hydrogens (tertiary/aromatic N) is 5. The Morgan fingerprint density at radius 2 is 1.77 bits per heavy atom. The minimum absolute atomic E-state index is 0.0148. The van der Waals surface area contributed by atoms with Gasteiger partial charge in [0.1, 0.15) is 10.8 Å². The van der Waals surface area contributed by atoms with E-state index in [1.165, 1.54) is 21.4 Å². The van der Waals surface area contributed by atoms with Crippen LogP contribution in [0.4, 0.5) is 0 Å². The molecular formula is C26H27N5O3S. The van der Waals surface area contributed by atoms with Crippen LogP contribution in [0.3, 0.4) is 0 Å². The molecule has 9 heteroatoms. The average molecular weight is 490 g/mol. The number of rotatable bonds is 6. The molecule has 1 amide bonds. The van der Waals surface area contributed by atoms with Crippen LogP contribution in [0.5, 0.6) is 5.75 Å². The minimum atomic E-state index is -0.179. The Morgan fingerprint density at radius 1 is 1.03 bits per heavy atom. The van der Waals surface area contributed by atoms with Crippen molar-refractivity contribution < 1.29 is 9.53 Å². The molecule has 0 bridgehead atoms. The third kappa shape index (κ3) is 5.26. The number of piperazine rings is 1. The lowest BCUT2D eigenvalue weighted by Gasteiger charge is -2.34. The molecule has 0 spiro atoms. The Morgan fingerprint density at radius 3 is 2.51 bits per heavy atom. The molecule has 1 aliphatic heterocycles. The first-order valence-electron chi connectivity index (χ1n) is 11.6. The van der Waals surface area contributed by atoms with Gasteiger partial charge in [-0.15, -0.1) is 0 Å². The summed E-state index contributed by atoms with van der Waals surface area (Å²) in [5.41, 5.74) is 3.70. The Hall–Kier alpha value is -3.56. The fourth-order valence-electron chi connectivity index (χ4n) is 4.08. The zero-order valence-corrected chi connectivity index (χ0v) is 20.6. The zero-order chi connectivity index (χ0) is 24.4. The first kappa shape index (κ1) is 23.2. The fourth-order valence-corrected chi connectivity index (χ4v) is 5.01. The summed E-state index contributed by atoms with van der Waals surface area (Å²) in [7, 11) is 0. The van der Waals surface area contributed by atoms with Crippen molar-refractivity contribution in [2.24, 2.45) is 0 Å². The Kier molecular flexibility index (Phi) is 6.61. The molecule has 0 unspecified atom stereocenters. The normalized spacial score (nSPS) is 14.4. The minimum Gasteiger partial charge on any atom is -0.484 e. The van der Waals surface area contributed by atoms with E-state index in [1.807, 2.05) is 67.3 Å². The summed E-state index contributed by atoms with van der Waals surface area (Å²) in [5, 5.41) is 5.23. The van der Waals surface area contributed by atoms with Crippen molar-refractivity contribution in [2.45, 2.75) is 20.4 Å². The number of aryl methyl sites for hydroxylation is 2. The fraction of sp³-hybridized carbons (Fsp3) is 0.308. The molecule has 2 aromatic heterocycles. The van der Waals surface area contributed by atoms with E-state index in [1.54, 1.807) is 6.07 Å². The first-order valence-corrected chi connectivity index (χ1v) is 12.4. The quantitative estimate of drug-likeness (QED) is 0.414. The second kappa shape index (κ2) is 9.97. The van der Waals surface area contributed by atoms with E-state index in [9.17, 15) is 9.59 Å². The third-order valence-electron chi connectivity index (χ3n) is 6.15. The smallest absolute Gasteiger partial charge is 0.275 e. The maximum absolute atomic E-state index is 12.7. The van der Waals surface area contributed by atoms with Crippen LogP contribution < -0.4 is 10.3 Å². The summed E-state index contributed by atoms with van der Waals surface area (Å²) in [6, 6.07) is 17.3. The number of aromatic nitrogens is 3. The van der Waals surface area contributed by atoms with E-state index in [2.05, 4.69) is 10.00 Å². The number of hydrogen-bond donors (Lipinski definition) is 0. The van der Waals surface area contributed by atoms with Crippen LogP contribution >= 0.6 is 11.3 Å². The number of benzene rings is 2. The van der Waals surface area contributed by atoms with Crippen molar-refractivity contribution in [2.75, 3.05) is 32.8 Å². The maximum atomic E-state index is 12.7. The van der Waals surface area contributed by atoms with Gasteiger partial charge >= 0.3 is 0 Å². The van der Waals surface area contributed by atoms with Gasteiger partial charge in [0.2, 0.25) is 4.96 Å². The van der Waals surface area contributed by atoms with Crippen molar-refractivity contribution in [1.82, 2.24) is 24.4 Å². The van der Waals surface area contributed by atoms with Crippen LogP contribution in [-0.2, 0) is 11.3 Å². The van der Waals surface area contributed by atoms with Gasteiger partial charge in [0.25, 0.3) is 11.5 Å². The van der Waals surface area contributed by atoms with Gasteiger partial charge in [-0.25, -0.2) is 4.98 Å². The first-order chi connectivity index (χ1) is 17.0. The monoisotopic (exact) mass is 489 g/mol. The highest BCUT2D eigenvalue weighted by atomic mass is 32.1. The second-order valence-corrected chi connectivity index (χ2v) is 9.72. The molecule has 4 aromatic rings. The van der Waals surface area contributed by atoms with Gasteiger partial charge in [-0.1, -0.05) is 59.4 Å². The van der Waals surface area contributed by atoms with E-state index < -0.39 is 0 Å². The number of para-hydroxylation sites is 1. The van der Waals surface area contributed by atoms with Crippen molar-refractivity contribution >= 4 is 22.2 Å². The van der Waals surface area contributed by atoms with Gasteiger partial charge in [0.05, 0.1) is 5.69 Å². The van der Waals surface area contributed by atoms with Gasteiger partial charge in [0.15, 0.2) is 6.61 Å². The highest BCUT2D eigenvalue weighted by Crippen LogP contribution is 2.24. The van der Waals surface area contributed by atoms with Crippen molar-refractivity contribution in [3.8, 4) is 16.3 Å². The molecule has 35 heavy (non-hydrogen) atoms. The molecular weight excluding hydrogens is 462 g/mol. The summed E-state index contributed by atoms with van der Waals surface area (Å²) >= 11 is 1.41. The molecule has 180 valence electrons. The standard InChI is InChI=1S/C26H27N5O3S/c1-18-7-9-20(10-8-18)25-28-31-23(32)15-21(27-26(31)35-25)16-29-11-13-30(14-12-29)24(33)17-34-22-6-4-3-5-19(22)2/h3-10,15H,11-14,16-17H2,1-2H3. The van der Waals surface area contributed by atoms with Gasteiger partial charge < -0.3 is 9.64 Å². The summed E-state index contributed by atoms with van der Waals surface area (Å²) in [4.78, 5) is 34.6. The highest BCUT2D eigenvalue weighted by molar-refractivity contribution is 7.19. The molecule has 1 aliphatic rings. The molecule has 0 aliphatic carbocycles. The molecule has 0 radical (unpaired) electrons. The predicted octanol–water partition coefficient (Wildman–Crippen LogP) is 3.16. The predicted molar refractivity (Wildman–Crippen MR) is 136 cm³/mol. The highest BCUT2D eigenvalue weighted by Gasteiger charge is 2.22. The Balaban J connectivity index is 1.19. The maximum Gasteiger partial charge on any atom is 0.275 e. The number of carbonyl (C=O) groups excluding carboxylic acids is 1. The number of fused-ring (bicyclic) bond motifs is 1. The van der Waals surface area contributed by atoms with Crippen LogP contribution in [0.15, 0.2) is 59.4 Å². The van der Waals surface area contributed by atoms with E-state index in [0.717, 1.165) is 27.6 Å². The van der Waals surface area contributed by atoms with E-state index >= 15 is 0 Å². The van der Waals surface area contributed by atoms with E-state index in [4.69, 9.17) is 9.72 Å². The lowest BCUT2D eigenvalue weighted by molar-refractivity contribution is -0.135. The third-order valence-corrected chi connectivity index (χ3v) is 7.11. The van der Waals surface area contributed by atoms with E-state index in [-0.39, 0.29) is 18.1 Å². The molecule has 5 rings (SSSR count). The SMILES string of the molecule is Cc1ccc(-c2nn3c(=O)cc(CN4CCN(C(=O)COc5ccccc5C)CC4)nc3s2)cc1. The molecule has 3 heterocycles. The average Bonchev–Trinajstić information content (AvgIpc) is 3.29. The van der Waals surface area contributed by atoms with Gasteiger partial charge in [-0.05, 0) is 25.5 Å². The zero-order valence-electron chi connectivity index (χ0n) is 19.8. The Labute approximate surface area is 207 Å². The molecule has 2 aromatic carbocycles. The summed E-state index contributed by atoms with van der Waals surface area (Å²) in [6.07, 6.45) is 0. The van der Waals surface area contributed by atoms with E-state index in [0.29, 0.717) is 37.7 Å². The molecule has 1 fully saturated rings. The number of amides is 1. The molecule has 0 atom stereocenters. The van der Waals surface area contributed by atoms with Crippen LogP contribution in [0, 0.1) is 13.8 Å². The van der Waals surface area contributed by atoms with Crippen molar-refractivity contribution in [3.63, 3.8) is 0 Å². The lowest BCUT2D eigenvalue weighted by atomic mass is 10.2. The van der Waals surface area contributed by atoms with Crippen LogP contribution in [0.25, 0.3) is 15.5 Å². The molecule has 0 N–H and O–H groups in total. The van der Waals surface area contributed by atoms with Crippen molar-refractivity contribution in [3.05, 3.63) is 81.8 Å². The second-order valence-electron chi connectivity index (χ2n) is 8.76. The summed E-state index contributed by atoms with van der Waals surface area (Å²) < 4.78 is 7.08. The Bertz CT molecular complexity index is 1400. The number of hydrogen-bond acceptors (Lipinski definition) is 7. The van der Waals surface area contributed by atoms with Crippen LogP contribution in [-0.4, -0.2) is 63.1 Å². The van der Waals surface area contributed by atoms with Crippen molar-refractivity contribution in [1.29, 1.82) is 0 Å². The van der Waals surface area contributed by atoms with Gasteiger partial charge in [-0.3, -0.25) is 14.5 Å². The van der Waals surface area contributed by atoms with Gasteiger partial charge in [-0.2, -0.15) is 9.61 Å². The molecule has 0 saturated carbocycles. The summed E-state index contributed by atoms with van der Waals surface area (Å²) in [6.45, 7) is 7.27. The van der Waals surface area contributed by atoms with Crippen LogP contribution in [0.2, 0.25) is 0 Å². The lowest BCUT2D eigenvalue weighted by Crippen LogP contribution is -2.49. The largest absolute Gasteiger partial charge is 0.484 e. The summed E-state index contributed by atoms with van der Waals surface area (Å²) in [5.74, 6) is 0.722. The number of ether oxygens (including phenoxy) is 1. The number of carbonyl (C=O) groups is 1. The van der Waals surface area contributed by atoms with Crippen LogP contribution in [0.1, 0.15) is 16.8 Å². The topological polar surface area (TPSA) is 80.0 Å². The molecule has 8 nitrogen and oxygen atoms in total.